The van der Waals surface area contributed by atoms with Crippen molar-refractivity contribution in [1.82, 2.24) is 10.6 Å². The van der Waals surface area contributed by atoms with Gasteiger partial charge in [-0.1, -0.05) is 13.8 Å². The van der Waals surface area contributed by atoms with Crippen LogP contribution in [0.2, 0.25) is 0 Å². The number of ether oxygens (including phenoxy) is 1. The molecule has 2 atom stereocenters. The molecule has 1 aliphatic rings. The van der Waals surface area contributed by atoms with Gasteiger partial charge < -0.3 is 21.1 Å². The molecule has 0 spiro atoms. The number of hydrogen-bond acceptors (Lipinski definition) is 3. The molecule has 5 N–H and O–H groups in total. The lowest BCUT2D eigenvalue weighted by Crippen LogP contribution is -2.52. The first kappa shape index (κ1) is 12.8. The lowest BCUT2D eigenvalue weighted by atomic mass is 10.0. The molecular formula is C10H20N4O2. The molecule has 0 bridgehead atoms. The van der Waals surface area contributed by atoms with Crippen LogP contribution in [0.4, 0.5) is 4.79 Å². The van der Waals surface area contributed by atoms with Crippen molar-refractivity contribution in [1.29, 1.82) is 5.41 Å². The average molecular weight is 228 g/mol. The minimum atomic E-state index is -0.415. The number of carbonyl (C=O) groups is 1. The number of nitrogens with two attached hydrogens (primary N) is 1. The molecule has 1 fully saturated rings. The minimum Gasteiger partial charge on any atom is -0.386 e. The zero-order chi connectivity index (χ0) is 12.1. The Bertz CT molecular complexity index is 262. The van der Waals surface area contributed by atoms with E-state index in [1.807, 2.05) is 13.8 Å². The van der Waals surface area contributed by atoms with Crippen molar-refractivity contribution in [3.63, 3.8) is 0 Å². The van der Waals surface area contributed by atoms with E-state index in [1.165, 1.54) is 0 Å². The van der Waals surface area contributed by atoms with Gasteiger partial charge in [0.1, 0.15) is 5.84 Å². The molecule has 6 heteroatoms. The number of amidine groups is 1. The van der Waals surface area contributed by atoms with Crippen LogP contribution in [0.1, 0.15) is 20.3 Å². The van der Waals surface area contributed by atoms with E-state index >= 15 is 0 Å². The first-order valence-electron chi connectivity index (χ1n) is 5.49. The lowest BCUT2D eigenvalue weighted by molar-refractivity contribution is 0.188. The Hall–Kier alpha value is -1.30. The second kappa shape index (κ2) is 5.69. The summed E-state index contributed by atoms with van der Waals surface area (Å²) in [6.45, 7) is 5.06. The highest BCUT2D eigenvalue weighted by Crippen LogP contribution is 2.04. The van der Waals surface area contributed by atoms with E-state index in [2.05, 4.69) is 10.6 Å². The van der Waals surface area contributed by atoms with Gasteiger partial charge in [-0.05, 0) is 12.3 Å². The molecule has 0 aromatic carbocycles. The van der Waals surface area contributed by atoms with Gasteiger partial charge >= 0.3 is 6.03 Å². The predicted octanol–water partition coefficient (Wildman–Crippen LogP) is 0.0351. The molecule has 0 saturated carbocycles. The van der Waals surface area contributed by atoms with Crippen LogP contribution in [0.3, 0.4) is 0 Å². The standard InChI is InChI=1S/C10H20N4O2/c1-6(2)8(9(11)12)14-10(15)13-7-3-4-16-5-7/h6-8H,3-5H2,1-2H3,(H3,11,12)(H2,13,14,15). The molecule has 1 aliphatic heterocycles. The van der Waals surface area contributed by atoms with Gasteiger partial charge in [-0.25, -0.2) is 4.79 Å². The molecule has 92 valence electrons. The summed E-state index contributed by atoms with van der Waals surface area (Å²) in [7, 11) is 0. The Labute approximate surface area is 95.4 Å². The van der Waals surface area contributed by atoms with E-state index in [4.69, 9.17) is 15.9 Å². The maximum Gasteiger partial charge on any atom is 0.315 e. The topological polar surface area (TPSA) is 100 Å². The smallest absolute Gasteiger partial charge is 0.315 e. The molecule has 6 nitrogen and oxygen atoms in total. The van der Waals surface area contributed by atoms with Gasteiger partial charge in [-0.15, -0.1) is 0 Å². The summed E-state index contributed by atoms with van der Waals surface area (Å²) in [6, 6.07) is -0.633. The van der Waals surface area contributed by atoms with Crippen molar-refractivity contribution in [2.24, 2.45) is 11.7 Å². The molecule has 0 aromatic heterocycles. The predicted molar refractivity (Wildman–Crippen MR) is 61.4 cm³/mol. The zero-order valence-electron chi connectivity index (χ0n) is 9.75. The van der Waals surface area contributed by atoms with E-state index in [0.29, 0.717) is 13.2 Å². The molecule has 16 heavy (non-hydrogen) atoms. The minimum absolute atomic E-state index is 0.0205. The molecule has 0 radical (unpaired) electrons. The number of nitrogens with one attached hydrogen (secondary N) is 3. The Balaban J connectivity index is 2.38. The molecule has 1 heterocycles. The molecule has 0 aromatic rings. The largest absolute Gasteiger partial charge is 0.386 e. The summed E-state index contributed by atoms with van der Waals surface area (Å²) in [4.78, 5) is 11.6. The van der Waals surface area contributed by atoms with Gasteiger partial charge in [0.05, 0.1) is 18.7 Å². The highest BCUT2D eigenvalue weighted by Gasteiger charge is 2.22. The van der Waals surface area contributed by atoms with Gasteiger partial charge in [0.15, 0.2) is 0 Å². The Morgan fingerprint density at radius 3 is 2.69 bits per heavy atom. The van der Waals surface area contributed by atoms with Crippen molar-refractivity contribution < 1.29 is 9.53 Å². The zero-order valence-corrected chi connectivity index (χ0v) is 9.75. The van der Waals surface area contributed by atoms with Crippen LogP contribution in [-0.2, 0) is 4.74 Å². The van der Waals surface area contributed by atoms with Gasteiger partial charge in [-0.3, -0.25) is 5.41 Å². The molecule has 2 unspecified atom stereocenters. The number of amides is 2. The van der Waals surface area contributed by atoms with E-state index in [0.717, 1.165) is 6.42 Å². The summed E-state index contributed by atoms with van der Waals surface area (Å²) < 4.78 is 5.15. The van der Waals surface area contributed by atoms with Crippen molar-refractivity contribution in [2.75, 3.05) is 13.2 Å². The van der Waals surface area contributed by atoms with Crippen LogP contribution >= 0.6 is 0 Å². The summed E-state index contributed by atoms with van der Waals surface area (Å²) in [5.41, 5.74) is 5.41. The van der Waals surface area contributed by atoms with Crippen LogP contribution in [0.5, 0.6) is 0 Å². The summed E-state index contributed by atoms with van der Waals surface area (Å²) in [5.74, 6) is 0.0795. The summed E-state index contributed by atoms with van der Waals surface area (Å²) >= 11 is 0. The number of urea groups is 1. The Morgan fingerprint density at radius 1 is 1.56 bits per heavy atom. The number of rotatable bonds is 4. The van der Waals surface area contributed by atoms with Gasteiger partial charge in [0.25, 0.3) is 0 Å². The third-order valence-electron chi connectivity index (χ3n) is 2.55. The van der Waals surface area contributed by atoms with Crippen LogP contribution in [0, 0.1) is 11.3 Å². The summed E-state index contributed by atoms with van der Waals surface area (Å²) in [6.07, 6.45) is 0.833. The quantitative estimate of drug-likeness (QED) is 0.403. The molecule has 0 aliphatic carbocycles. The fourth-order valence-electron chi connectivity index (χ4n) is 1.62. The van der Waals surface area contributed by atoms with Crippen molar-refractivity contribution in [2.45, 2.75) is 32.4 Å². The Kier molecular flexibility index (Phi) is 4.54. The van der Waals surface area contributed by atoms with Crippen LogP contribution in [-0.4, -0.2) is 37.2 Å². The third-order valence-corrected chi connectivity index (χ3v) is 2.55. The van der Waals surface area contributed by atoms with E-state index in [9.17, 15) is 4.79 Å². The lowest BCUT2D eigenvalue weighted by Gasteiger charge is -2.22. The molecular weight excluding hydrogens is 208 g/mol. The van der Waals surface area contributed by atoms with Crippen LogP contribution < -0.4 is 16.4 Å². The molecule has 1 saturated heterocycles. The SMILES string of the molecule is CC(C)C(NC(=O)NC1CCOC1)C(=N)N. The normalized spacial score (nSPS) is 21.8. The van der Waals surface area contributed by atoms with E-state index < -0.39 is 6.04 Å². The van der Waals surface area contributed by atoms with Crippen LogP contribution in [0.25, 0.3) is 0 Å². The van der Waals surface area contributed by atoms with Gasteiger partial charge in [0.2, 0.25) is 0 Å². The first-order chi connectivity index (χ1) is 7.50. The van der Waals surface area contributed by atoms with E-state index in [-0.39, 0.29) is 23.8 Å². The monoisotopic (exact) mass is 228 g/mol. The highest BCUT2D eigenvalue weighted by atomic mass is 16.5. The summed E-state index contributed by atoms with van der Waals surface area (Å²) in [5, 5.41) is 12.8. The fraction of sp³-hybridized carbons (Fsp3) is 0.800. The second-order valence-electron chi connectivity index (χ2n) is 4.36. The van der Waals surface area contributed by atoms with E-state index in [1.54, 1.807) is 0 Å². The number of carbonyl (C=O) groups excluding carboxylic acids is 1. The third kappa shape index (κ3) is 3.69. The Morgan fingerprint density at radius 2 is 2.25 bits per heavy atom. The van der Waals surface area contributed by atoms with Crippen LogP contribution in [0.15, 0.2) is 0 Å². The van der Waals surface area contributed by atoms with Gasteiger partial charge in [0, 0.05) is 6.61 Å². The van der Waals surface area contributed by atoms with Gasteiger partial charge in [-0.2, -0.15) is 0 Å². The maximum atomic E-state index is 11.6. The number of hydrogen-bond donors (Lipinski definition) is 4. The molecule has 1 rings (SSSR count). The molecule has 2 amide bonds. The first-order valence-corrected chi connectivity index (χ1v) is 5.49. The van der Waals surface area contributed by atoms with Crippen molar-refractivity contribution >= 4 is 11.9 Å². The average Bonchev–Trinajstić information content (AvgIpc) is 2.65. The fourth-order valence-corrected chi connectivity index (χ4v) is 1.62. The van der Waals surface area contributed by atoms with Crippen molar-refractivity contribution in [3.8, 4) is 0 Å². The second-order valence-corrected chi connectivity index (χ2v) is 4.36. The highest BCUT2D eigenvalue weighted by molar-refractivity contribution is 5.87. The van der Waals surface area contributed by atoms with Crippen molar-refractivity contribution in [3.05, 3.63) is 0 Å². The maximum absolute atomic E-state index is 11.6.